The zero-order valence-corrected chi connectivity index (χ0v) is 17.0. The molecule has 1 aromatic heterocycles. The molecule has 3 rings (SSSR count). The van der Waals surface area contributed by atoms with E-state index in [0.717, 1.165) is 5.56 Å². The van der Waals surface area contributed by atoms with Crippen LogP contribution in [-0.2, 0) is 16.0 Å². The van der Waals surface area contributed by atoms with Gasteiger partial charge in [-0.25, -0.2) is 9.78 Å². The van der Waals surface area contributed by atoms with Crippen molar-refractivity contribution in [3.63, 3.8) is 0 Å². The van der Waals surface area contributed by atoms with Crippen molar-refractivity contribution in [2.45, 2.75) is 38.8 Å². The summed E-state index contributed by atoms with van der Waals surface area (Å²) in [7, 11) is 0. The number of fused-ring (bicyclic) bond motifs is 1. The van der Waals surface area contributed by atoms with Gasteiger partial charge in [-0.1, -0.05) is 62.7 Å². The lowest BCUT2D eigenvalue weighted by Crippen LogP contribution is -2.48. The minimum atomic E-state index is -1.13. The highest BCUT2D eigenvalue weighted by atomic mass is 16.4. The van der Waals surface area contributed by atoms with E-state index in [2.05, 4.69) is 10.3 Å². The third kappa shape index (κ3) is 4.56. The van der Waals surface area contributed by atoms with Gasteiger partial charge < -0.3 is 10.4 Å². The van der Waals surface area contributed by atoms with Gasteiger partial charge in [0.25, 0.3) is 5.56 Å². The van der Waals surface area contributed by atoms with E-state index in [0.29, 0.717) is 17.3 Å². The monoisotopic (exact) mass is 407 g/mol. The maximum atomic E-state index is 13.2. The van der Waals surface area contributed by atoms with Gasteiger partial charge in [0, 0.05) is 6.42 Å². The minimum absolute atomic E-state index is 0.153. The summed E-state index contributed by atoms with van der Waals surface area (Å²) in [5.74, 6) is -1.83. The highest BCUT2D eigenvalue weighted by Crippen LogP contribution is 2.21. The summed E-state index contributed by atoms with van der Waals surface area (Å²) in [4.78, 5) is 42.3. The quantitative estimate of drug-likeness (QED) is 0.598. The van der Waals surface area contributed by atoms with Crippen LogP contribution in [0.2, 0.25) is 0 Å². The SMILES string of the molecule is CC[C@H](C)[C@@H](C(=O)N[C@@H](Cc1ccccc1)C(=O)O)n1cnc2ccccc2c1=O. The Labute approximate surface area is 174 Å². The van der Waals surface area contributed by atoms with Crippen LogP contribution in [0.25, 0.3) is 10.9 Å². The summed E-state index contributed by atoms with van der Waals surface area (Å²) in [6.45, 7) is 3.78. The minimum Gasteiger partial charge on any atom is -0.480 e. The van der Waals surface area contributed by atoms with Gasteiger partial charge >= 0.3 is 5.97 Å². The molecule has 1 heterocycles. The molecule has 156 valence electrons. The maximum absolute atomic E-state index is 13.2. The molecule has 0 unspecified atom stereocenters. The van der Waals surface area contributed by atoms with Gasteiger partial charge in [0.05, 0.1) is 17.2 Å². The molecule has 0 bridgehead atoms. The van der Waals surface area contributed by atoms with E-state index in [9.17, 15) is 19.5 Å². The first-order chi connectivity index (χ1) is 14.4. The zero-order chi connectivity index (χ0) is 21.7. The number of hydrogen-bond donors (Lipinski definition) is 2. The molecule has 3 aromatic rings. The van der Waals surface area contributed by atoms with Crippen LogP contribution < -0.4 is 10.9 Å². The lowest BCUT2D eigenvalue weighted by Gasteiger charge is -2.26. The van der Waals surface area contributed by atoms with Crippen LogP contribution in [0.5, 0.6) is 0 Å². The molecule has 3 atom stereocenters. The Morgan fingerprint density at radius 2 is 1.77 bits per heavy atom. The summed E-state index contributed by atoms with van der Waals surface area (Å²) in [6, 6.07) is 14.1. The van der Waals surface area contributed by atoms with Crippen molar-refractivity contribution < 1.29 is 14.7 Å². The van der Waals surface area contributed by atoms with Gasteiger partial charge in [0.1, 0.15) is 12.1 Å². The van der Waals surface area contributed by atoms with Crippen molar-refractivity contribution >= 4 is 22.8 Å². The first kappa shape index (κ1) is 21.2. The number of aliphatic carboxylic acids is 1. The topological polar surface area (TPSA) is 101 Å². The molecule has 2 aromatic carbocycles. The number of amides is 1. The Balaban J connectivity index is 1.93. The molecule has 1 amide bonds. The Morgan fingerprint density at radius 1 is 1.10 bits per heavy atom. The highest BCUT2D eigenvalue weighted by molar-refractivity contribution is 5.86. The van der Waals surface area contributed by atoms with Gasteiger partial charge in [-0.15, -0.1) is 0 Å². The number of carboxylic acid groups (broad SMARTS) is 1. The van der Waals surface area contributed by atoms with E-state index in [-0.39, 0.29) is 17.9 Å². The largest absolute Gasteiger partial charge is 0.480 e. The number of carboxylic acids is 1. The second-order valence-electron chi connectivity index (χ2n) is 7.39. The third-order valence-electron chi connectivity index (χ3n) is 5.34. The second-order valence-corrected chi connectivity index (χ2v) is 7.39. The summed E-state index contributed by atoms with van der Waals surface area (Å²) in [5.41, 5.74) is 1.03. The predicted molar refractivity (Wildman–Crippen MR) is 114 cm³/mol. The van der Waals surface area contributed by atoms with Crippen molar-refractivity contribution in [2.24, 2.45) is 5.92 Å². The lowest BCUT2D eigenvalue weighted by atomic mass is 9.97. The molecule has 0 saturated carbocycles. The fourth-order valence-electron chi connectivity index (χ4n) is 3.47. The number of nitrogens with zero attached hydrogens (tertiary/aromatic N) is 2. The molecule has 0 radical (unpaired) electrons. The first-order valence-electron chi connectivity index (χ1n) is 9.95. The van der Waals surface area contributed by atoms with E-state index < -0.39 is 24.0 Å². The number of aromatic nitrogens is 2. The molecule has 0 aliphatic rings. The number of hydrogen-bond acceptors (Lipinski definition) is 4. The summed E-state index contributed by atoms with van der Waals surface area (Å²) >= 11 is 0. The van der Waals surface area contributed by atoms with Crippen molar-refractivity contribution in [1.29, 1.82) is 0 Å². The Morgan fingerprint density at radius 3 is 2.43 bits per heavy atom. The first-order valence-corrected chi connectivity index (χ1v) is 9.95. The molecule has 0 saturated heterocycles. The number of rotatable bonds is 8. The number of carbonyl (C=O) groups is 2. The molecule has 0 aliphatic carbocycles. The average Bonchev–Trinajstić information content (AvgIpc) is 2.75. The molecule has 2 N–H and O–H groups in total. The van der Waals surface area contributed by atoms with Crippen molar-refractivity contribution in [1.82, 2.24) is 14.9 Å². The van der Waals surface area contributed by atoms with Gasteiger partial charge in [0.2, 0.25) is 5.91 Å². The third-order valence-corrected chi connectivity index (χ3v) is 5.34. The molecule has 0 aliphatic heterocycles. The molecular formula is C23H25N3O4. The van der Waals surface area contributed by atoms with Crippen LogP contribution in [0.15, 0.2) is 65.7 Å². The van der Waals surface area contributed by atoms with Crippen LogP contribution >= 0.6 is 0 Å². The number of carbonyl (C=O) groups excluding carboxylic acids is 1. The number of benzene rings is 2. The van der Waals surface area contributed by atoms with Gasteiger partial charge in [-0.2, -0.15) is 0 Å². The van der Waals surface area contributed by atoms with E-state index in [1.54, 1.807) is 24.3 Å². The Bertz CT molecular complexity index is 1090. The van der Waals surface area contributed by atoms with Gasteiger partial charge in [-0.05, 0) is 23.6 Å². The lowest BCUT2D eigenvalue weighted by molar-refractivity contribution is -0.142. The van der Waals surface area contributed by atoms with E-state index >= 15 is 0 Å². The van der Waals surface area contributed by atoms with Crippen molar-refractivity contribution in [3.05, 3.63) is 76.8 Å². The fraction of sp³-hybridized carbons (Fsp3) is 0.304. The van der Waals surface area contributed by atoms with Crippen LogP contribution in [0.4, 0.5) is 0 Å². The molecular weight excluding hydrogens is 382 g/mol. The van der Waals surface area contributed by atoms with Gasteiger partial charge in [0.15, 0.2) is 0 Å². The fourth-order valence-corrected chi connectivity index (χ4v) is 3.47. The predicted octanol–water partition coefficient (Wildman–Crippen LogP) is 2.80. The highest BCUT2D eigenvalue weighted by Gasteiger charge is 2.31. The van der Waals surface area contributed by atoms with Crippen molar-refractivity contribution in [2.75, 3.05) is 0 Å². The maximum Gasteiger partial charge on any atom is 0.326 e. The molecule has 7 heteroatoms. The van der Waals surface area contributed by atoms with Crippen LogP contribution in [0.3, 0.4) is 0 Å². The smallest absolute Gasteiger partial charge is 0.326 e. The van der Waals surface area contributed by atoms with Gasteiger partial charge in [-0.3, -0.25) is 14.2 Å². The summed E-state index contributed by atoms with van der Waals surface area (Å²) in [6.07, 6.45) is 2.15. The zero-order valence-electron chi connectivity index (χ0n) is 17.0. The van der Waals surface area contributed by atoms with Crippen LogP contribution in [0.1, 0.15) is 31.9 Å². The van der Waals surface area contributed by atoms with E-state index in [1.165, 1.54) is 10.9 Å². The average molecular weight is 407 g/mol. The molecule has 0 spiro atoms. The second kappa shape index (κ2) is 9.35. The number of para-hydroxylation sites is 1. The normalized spacial score (nSPS) is 14.1. The Hall–Kier alpha value is -3.48. The number of nitrogens with one attached hydrogen (secondary N) is 1. The molecule has 30 heavy (non-hydrogen) atoms. The van der Waals surface area contributed by atoms with Crippen LogP contribution in [-0.4, -0.2) is 32.6 Å². The van der Waals surface area contributed by atoms with Crippen LogP contribution in [0, 0.1) is 5.92 Å². The van der Waals surface area contributed by atoms with Crippen molar-refractivity contribution in [3.8, 4) is 0 Å². The molecule has 0 fully saturated rings. The van der Waals surface area contributed by atoms with E-state index in [4.69, 9.17) is 0 Å². The van der Waals surface area contributed by atoms with E-state index in [1.807, 2.05) is 44.2 Å². The Kier molecular flexibility index (Phi) is 6.61. The standard InChI is InChI=1S/C23H25N3O4/c1-3-15(2)20(26-14-24-18-12-8-7-11-17(18)22(26)28)21(27)25-19(23(29)30)13-16-9-5-4-6-10-16/h4-12,14-15,19-20H,3,13H2,1-2H3,(H,25,27)(H,29,30)/t15-,19-,20-/m0/s1. The summed E-state index contributed by atoms with van der Waals surface area (Å²) in [5, 5.41) is 12.7. The summed E-state index contributed by atoms with van der Waals surface area (Å²) < 4.78 is 1.31. The molecule has 7 nitrogen and oxygen atoms in total.